The Bertz CT molecular complexity index is 138. The lowest BCUT2D eigenvalue weighted by Crippen LogP contribution is -2.34. The average molecular weight is 206 g/mol. The Morgan fingerprint density at radius 2 is 1.64 bits per heavy atom. The normalized spacial score (nSPS) is 7.21. The van der Waals surface area contributed by atoms with Crippen molar-refractivity contribution in [3.05, 3.63) is 0 Å². The van der Waals surface area contributed by atoms with Gasteiger partial charge in [-0.25, -0.2) is 0 Å². The predicted molar refractivity (Wildman–Crippen MR) is 57.0 cm³/mol. The number of carbonyl (C=O) groups is 2. The minimum atomic E-state index is -1.07. The van der Waals surface area contributed by atoms with E-state index in [1.54, 1.807) is 0 Å². The number of hydrogen-bond donors (Lipinski definition) is 3. The monoisotopic (exact) mass is 206 g/mol. The molecule has 0 aromatic rings. The number of carboxylic acids is 1. The van der Waals surface area contributed by atoms with Gasteiger partial charge in [-0.2, -0.15) is 0 Å². The number of aliphatic carboxylic acids is 1. The van der Waals surface area contributed by atoms with Crippen molar-refractivity contribution in [1.29, 1.82) is 0 Å². The maximum atomic E-state index is 10.2. The van der Waals surface area contributed by atoms with Gasteiger partial charge in [-0.05, 0) is 0 Å². The number of amides is 1. The lowest BCUT2D eigenvalue weighted by molar-refractivity contribution is -0.137. The van der Waals surface area contributed by atoms with Crippen molar-refractivity contribution >= 4 is 11.9 Å². The second kappa shape index (κ2) is 17.8. The van der Waals surface area contributed by atoms with E-state index in [1.807, 2.05) is 13.8 Å². The molecule has 0 radical (unpaired) electrons. The van der Waals surface area contributed by atoms with Crippen LogP contribution in [0.3, 0.4) is 0 Å². The summed E-state index contributed by atoms with van der Waals surface area (Å²) in [6, 6.07) is 0. The van der Waals surface area contributed by atoms with Gasteiger partial charge in [0.2, 0.25) is 5.91 Å². The van der Waals surface area contributed by atoms with Gasteiger partial charge >= 0.3 is 5.97 Å². The highest BCUT2D eigenvalue weighted by molar-refractivity contribution is 5.82. The van der Waals surface area contributed by atoms with Crippen molar-refractivity contribution in [1.82, 2.24) is 5.32 Å². The molecule has 0 heterocycles. The zero-order chi connectivity index (χ0) is 12.0. The number of carboxylic acid groups (broad SMARTS) is 1. The summed E-state index contributed by atoms with van der Waals surface area (Å²) < 4.78 is 0. The molecular weight excluding hydrogens is 184 g/mol. The van der Waals surface area contributed by atoms with Crippen LogP contribution in [-0.4, -0.2) is 30.1 Å². The molecule has 0 aromatic carbocycles. The Balaban J connectivity index is -0.000000205. The highest BCUT2D eigenvalue weighted by Gasteiger charge is 1.98. The zero-order valence-electron chi connectivity index (χ0n) is 9.46. The summed E-state index contributed by atoms with van der Waals surface area (Å²) in [4.78, 5) is 20.0. The first-order chi connectivity index (χ1) is 6.58. The fourth-order valence-electron chi connectivity index (χ4n) is 0.246. The summed E-state index contributed by atoms with van der Waals surface area (Å²) in [7, 11) is 0. The van der Waals surface area contributed by atoms with Crippen molar-refractivity contribution < 1.29 is 14.7 Å². The topological polar surface area (TPSA) is 92.4 Å². The van der Waals surface area contributed by atoms with Gasteiger partial charge in [-0.1, -0.05) is 34.1 Å². The fourth-order valence-corrected chi connectivity index (χ4v) is 0.246. The molecule has 0 spiro atoms. The lowest BCUT2D eigenvalue weighted by Gasteiger charge is -1.95. The molecule has 0 aliphatic heterocycles. The Morgan fingerprint density at radius 3 is 1.86 bits per heavy atom. The van der Waals surface area contributed by atoms with E-state index in [2.05, 4.69) is 19.2 Å². The highest BCUT2D eigenvalue weighted by atomic mass is 16.4. The molecule has 5 heteroatoms. The maximum absolute atomic E-state index is 10.2. The van der Waals surface area contributed by atoms with Crippen molar-refractivity contribution in [3.8, 4) is 0 Å². The number of nitrogens with one attached hydrogen (secondary N) is 1. The molecule has 0 unspecified atom stereocenters. The number of nitrogens with two attached hydrogens (primary N) is 1. The summed E-state index contributed by atoms with van der Waals surface area (Å²) in [5.74, 6) is -1.53. The van der Waals surface area contributed by atoms with E-state index in [0.29, 0.717) is 0 Å². The van der Waals surface area contributed by atoms with Crippen LogP contribution in [0, 0.1) is 0 Å². The molecule has 0 rings (SSSR count). The summed E-state index contributed by atoms with van der Waals surface area (Å²) in [6.07, 6.45) is 1.25. The third-order valence-corrected chi connectivity index (χ3v) is 0.622. The molecule has 4 N–H and O–H groups in total. The zero-order valence-corrected chi connectivity index (χ0v) is 9.46. The molecule has 14 heavy (non-hydrogen) atoms. The van der Waals surface area contributed by atoms with Gasteiger partial charge in [-0.3, -0.25) is 9.59 Å². The second-order valence-electron chi connectivity index (χ2n) is 2.08. The number of hydrogen-bond acceptors (Lipinski definition) is 3. The van der Waals surface area contributed by atoms with E-state index in [0.717, 1.165) is 0 Å². The Hall–Kier alpha value is -1.10. The standard InChI is InChI=1S/C4H8N2O3.C3H8.C2H6/c5-1-3(7)6-2-4(8)9;1-3-2;1-2/h1-2,5H2,(H,6,7)(H,8,9);3H2,1-2H3;1-2H3. The Labute approximate surface area is 85.7 Å². The smallest absolute Gasteiger partial charge is 0.322 e. The van der Waals surface area contributed by atoms with Gasteiger partial charge in [0.05, 0.1) is 6.54 Å². The van der Waals surface area contributed by atoms with Gasteiger partial charge in [0.15, 0.2) is 0 Å². The van der Waals surface area contributed by atoms with Crippen molar-refractivity contribution in [2.24, 2.45) is 5.73 Å². The first-order valence-corrected chi connectivity index (χ1v) is 4.76. The number of carbonyl (C=O) groups excluding carboxylic acids is 1. The Kier molecular flexibility index (Phi) is 23.8. The molecule has 0 aromatic heterocycles. The molecule has 0 aliphatic rings. The molecule has 0 atom stereocenters. The van der Waals surface area contributed by atoms with Crippen LogP contribution < -0.4 is 11.1 Å². The van der Waals surface area contributed by atoms with Crippen molar-refractivity contribution in [2.75, 3.05) is 13.1 Å². The largest absolute Gasteiger partial charge is 0.480 e. The van der Waals surface area contributed by atoms with Gasteiger partial charge in [0, 0.05) is 0 Å². The van der Waals surface area contributed by atoms with E-state index in [-0.39, 0.29) is 13.1 Å². The van der Waals surface area contributed by atoms with Gasteiger partial charge in [0.25, 0.3) is 0 Å². The van der Waals surface area contributed by atoms with Gasteiger partial charge < -0.3 is 16.2 Å². The fraction of sp³-hybridized carbons (Fsp3) is 0.778. The summed E-state index contributed by atoms with van der Waals surface area (Å²) in [5, 5.41) is 10.1. The van der Waals surface area contributed by atoms with Crippen LogP contribution in [0.5, 0.6) is 0 Å². The van der Waals surface area contributed by atoms with Crippen LogP contribution in [0.4, 0.5) is 0 Å². The number of rotatable bonds is 3. The molecule has 0 fully saturated rings. The van der Waals surface area contributed by atoms with Gasteiger partial charge in [-0.15, -0.1) is 0 Å². The molecular formula is C9H22N2O3. The van der Waals surface area contributed by atoms with Crippen LogP contribution in [0.25, 0.3) is 0 Å². The average Bonchev–Trinajstić information content (AvgIpc) is 2.18. The van der Waals surface area contributed by atoms with Crippen molar-refractivity contribution in [3.63, 3.8) is 0 Å². The third-order valence-electron chi connectivity index (χ3n) is 0.622. The van der Waals surface area contributed by atoms with Crippen LogP contribution in [0.2, 0.25) is 0 Å². The van der Waals surface area contributed by atoms with Crippen molar-refractivity contribution in [2.45, 2.75) is 34.1 Å². The summed E-state index contributed by atoms with van der Waals surface area (Å²) in [5.41, 5.74) is 4.85. The molecule has 0 saturated carbocycles. The first-order valence-electron chi connectivity index (χ1n) is 4.76. The summed E-state index contributed by atoms with van der Waals surface area (Å²) >= 11 is 0. The van der Waals surface area contributed by atoms with E-state index in [9.17, 15) is 9.59 Å². The maximum Gasteiger partial charge on any atom is 0.322 e. The van der Waals surface area contributed by atoms with E-state index in [1.165, 1.54) is 6.42 Å². The van der Waals surface area contributed by atoms with Gasteiger partial charge in [0.1, 0.15) is 6.54 Å². The second-order valence-corrected chi connectivity index (χ2v) is 2.08. The molecule has 5 nitrogen and oxygen atoms in total. The SMILES string of the molecule is CC.CCC.NCC(=O)NCC(=O)O. The molecule has 0 bridgehead atoms. The lowest BCUT2D eigenvalue weighted by atomic mass is 10.5. The highest BCUT2D eigenvalue weighted by Crippen LogP contribution is 1.60. The van der Waals surface area contributed by atoms with Crippen LogP contribution in [-0.2, 0) is 9.59 Å². The molecule has 0 saturated heterocycles. The summed E-state index contributed by atoms with van der Waals surface area (Å²) in [6.45, 7) is 7.71. The van der Waals surface area contributed by atoms with E-state index < -0.39 is 11.9 Å². The van der Waals surface area contributed by atoms with Crippen LogP contribution >= 0.6 is 0 Å². The van der Waals surface area contributed by atoms with E-state index >= 15 is 0 Å². The van der Waals surface area contributed by atoms with E-state index in [4.69, 9.17) is 10.8 Å². The minimum absolute atomic E-state index is 0.173. The molecule has 86 valence electrons. The quantitative estimate of drug-likeness (QED) is 0.630. The predicted octanol–water partition coefficient (Wildman–Crippen LogP) is 0.588. The Morgan fingerprint density at radius 1 is 1.29 bits per heavy atom. The first kappa shape index (κ1) is 18.6. The minimum Gasteiger partial charge on any atom is -0.480 e. The van der Waals surface area contributed by atoms with Crippen LogP contribution in [0.15, 0.2) is 0 Å². The third kappa shape index (κ3) is 30.7. The molecule has 0 aliphatic carbocycles. The van der Waals surface area contributed by atoms with Crippen LogP contribution in [0.1, 0.15) is 34.1 Å². The molecule has 1 amide bonds.